The van der Waals surface area contributed by atoms with Gasteiger partial charge in [-0.2, -0.15) is 0 Å². The van der Waals surface area contributed by atoms with Gasteiger partial charge >= 0.3 is 0 Å². The van der Waals surface area contributed by atoms with Crippen molar-refractivity contribution in [2.45, 2.75) is 6.92 Å². The van der Waals surface area contributed by atoms with Crippen LogP contribution in [0.25, 0.3) is 6.08 Å². The Bertz CT molecular complexity index is 667. The van der Waals surface area contributed by atoms with Gasteiger partial charge < -0.3 is 0 Å². The number of hydrogen-bond donors (Lipinski definition) is 0. The van der Waals surface area contributed by atoms with Gasteiger partial charge in [0.25, 0.3) is 16.8 Å². The molecule has 0 N–H and O–H groups in total. The Labute approximate surface area is 125 Å². The van der Waals surface area contributed by atoms with Gasteiger partial charge in [-0.3, -0.25) is 24.6 Å². The smallest absolute Gasteiger partial charge is 0.269 e. The van der Waals surface area contributed by atoms with Crippen molar-refractivity contribution in [1.82, 2.24) is 4.90 Å². The van der Waals surface area contributed by atoms with Crippen LogP contribution in [0.2, 0.25) is 0 Å². The van der Waals surface area contributed by atoms with Gasteiger partial charge in [0, 0.05) is 12.6 Å². The third kappa shape index (κ3) is 3.19. The van der Waals surface area contributed by atoms with Gasteiger partial charge in [0.2, 0.25) is 0 Å². The van der Waals surface area contributed by atoms with Gasteiger partial charge in [-0.25, -0.2) is 0 Å². The molecule has 2 rings (SSSR count). The fourth-order valence-electron chi connectivity index (χ4n) is 1.82. The lowest BCUT2D eigenvalue weighted by Crippen LogP contribution is -2.27. The lowest BCUT2D eigenvalue weighted by molar-refractivity contribution is -0.385. The number of nitro benzene ring substituents is 1. The number of hydrogen-bond acceptors (Lipinski definition) is 5. The first-order chi connectivity index (χ1) is 10.0. The number of para-hydroxylation sites is 1. The Kier molecular flexibility index (Phi) is 4.54. The molecule has 0 atom stereocenters. The molecule has 1 aliphatic heterocycles. The second kappa shape index (κ2) is 6.36. The van der Waals surface area contributed by atoms with Gasteiger partial charge in [0.1, 0.15) is 0 Å². The molecule has 6 nitrogen and oxygen atoms in total. The molecule has 0 aromatic heterocycles. The number of allylic oxidation sites excluding steroid dienone is 2. The van der Waals surface area contributed by atoms with Crippen molar-refractivity contribution in [3.05, 3.63) is 57.0 Å². The molecule has 0 unspecified atom stereocenters. The second-order valence-corrected chi connectivity index (χ2v) is 5.12. The van der Waals surface area contributed by atoms with E-state index in [9.17, 15) is 19.7 Å². The maximum Gasteiger partial charge on any atom is 0.293 e. The van der Waals surface area contributed by atoms with Crippen molar-refractivity contribution < 1.29 is 14.5 Å². The topological polar surface area (TPSA) is 80.5 Å². The monoisotopic (exact) mass is 304 g/mol. The van der Waals surface area contributed by atoms with Crippen LogP contribution < -0.4 is 0 Å². The largest absolute Gasteiger partial charge is 0.293 e. The van der Waals surface area contributed by atoms with E-state index in [0.29, 0.717) is 17.0 Å². The number of nitrogens with zero attached hydrogens (tertiary/aromatic N) is 2. The number of likely N-dealkylation sites (N-methyl/N-ethyl adjacent to an activating group) is 1. The summed E-state index contributed by atoms with van der Waals surface area (Å²) in [6.45, 7) is 2.05. The zero-order valence-corrected chi connectivity index (χ0v) is 12.0. The minimum atomic E-state index is -0.468. The summed E-state index contributed by atoms with van der Waals surface area (Å²) in [6.07, 6.45) is 4.57. The molecule has 1 saturated heterocycles. The highest BCUT2D eigenvalue weighted by Gasteiger charge is 2.33. The summed E-state index contributed by atoms with van der Waals surface area (Å²) in [5.74, 6) is -0.334. The molecule has 1 aliphatic rings. The fourth-order valence-corrected chi connectivity index (χ4v) is 2.68. The lowest BCUT2D eigenvalue weighted by Gasteiger charge is -2.06. The van der Waals surface area contributed by atoms with Gasteiger partial charge in [0.15, 0.2) is 0 Å². The Morgan fingerprint density at radius 1 is 1.33 bits per heavy atom. The van der Waals surface area contributed by atoms with Crippen molar-refractivity contribution >= 4 is 34.7 Å². The van der Waals surface area contributed by atoms with Crippen LogP contribution in [0, 0.1) is 10.1 Å². The molecule has 0 aliphatic carbocycles. The third-order valence-corrected chi connectivity index (χ3v) is 3.77. The Hall–Kier alpha value is -2.41. The van der Waals surface area contributed by atoms with E-state index in [4.69, 9.17) is 0 Å². The third-order valence-electron chi connectivity index (χ3n) is 2.85. The number of carbonyl (C=O) groups excluding carboxylic acids is 2. The molecule has 0 radical (unpaired) electrons. The van der Waals surface area contributed by atoms with E-state index in [1.54, 1.807) is 25.1 Å². The van der Waals surface area contributed by atoms with Crippen molar-refractivity contribution in [2.24, 2.45) is 0 Å². The number of amides is 2. The summed E-state index contributed by atoms with van der Waals surface area (Å²) in [5.41, 5.74) is 0.428. The summed E-state index contributed by atoms with van der Waals surface area (Å²) >= 11 is 0.865. The van der Waals surface area contributed by atoms with Crippen molar-refractivity contribution in [3.8, 4) is 0 Å². The van der Waals surface area contributed by atoms with Crippen LogP contribution in [0.3, 0.4) is 0 Å². The molecule has 21 heavy (non-hydrogen) atoms. The fraction of sp³-hybridized carbons (Fsp3) is 0.143. The van der Waals surface area contributed by atoms with Crippen LogP contribution in [-0.4, -0.2) is 27.5 Å². The molecule has 108 valence electrons. The standard InChI is InChI=1S/C14H12N2O4S/c1-2-15-13(17)12(21-14(15)18)9-5-7-10-6-3-4-8-11(10)16(19)20/h3-9H,2H2,1H3/b7-5+,12-9+. The number of benzene rings is 1. The number of rotatable bonds is 4. The van der Waals surface area contributed by atoms with Crippen molar-refractivity contribution in [2.75, 3.05) is 6.54 Å². The normalized spacial score (nSPS) is 17.2. The van der Waals surface area contributed by atoms with Gasteiger partial charge in [0.05, 0.1) is 15.4 Å². The molecule has 1 fully saturated rings. The van der Waals surface area contributed by atoms with Crippen LogP contribution in [0.15, 0.2) is 41.3 Å². The van der Waals surface area contributed by atoms with Crippen molar-refractivity contribution in [1.29, 1.82) is 0 Å². The predicted octanol–water partition coefficient (Wildman–Crippen LogP) is 3.21. The Morgan fingerprint density at radius 3 is 2.67 bits per heavy atom. The first-order valence-electron chi connectivity index (χ1n) is 6.20. The molecule has 1 aromatic rings. The number of nitro groups is 1. The molecule has 0 saturated carbocycles. The van der Waals surface area contributed by atoms with Gasteiger partial charge in [-0.1, -0.05) is 18.2 Å². The lowest BCUT2D eigenvalue weighted by atomic mass is 10.1. The number of carbonyl (C=O) groups is 2. The molecule has 1 heterocycles. The maximum atomic E-state index is 11.8. The van der Waals surface area contributed by atoms with E-state index < -0.39 is 4.92 Å². The minimum Gasteiger partial charge on any atom is -0.269 e. The molecular weight excluding hydrogens is 292 g/mol. The first-order valence-corrected chi connectivity index (χ1v) is 7.01. The van der Waals surface area contributed by atoms with Crippen molar-refractivity contribution in [3.63, 3.8) is 0 Å². The summed E-state index contributed by atoms with van der Waals surface area (Å²) < 4.78 is 0. The summed E-state index contributed by atoms with van der Waals surface area (Å²) in [5, 5.41) is 10.6. The van der Waals surface area contributed by atoms with E-state index >= 15 is 0 Å². The molecule has 0 spiro atoms. The molecule has 0 bridgehead atoms. The average Bonchev–Trinajstić information content (AvgIpc) is 2.73. The van der Waals surface area contributed by atoms with E-state index in [0.717, 1.165) is 16.7 Å². The number of imide groups is 1. The second-order valence-electron chi connectivity index (χ2n) is 4.12. The molecule has 2 amide bonds. The Morgan fingerprint density at radius 2 is 2.05 bits per heavy atom. The predicted molar refractivity (Wildman–Crippen MR) is 80.6 cm³/mol. The van der Waals surface area contributed by atoms with Crippen LogP contribution >= 0.6 is 11.8 Å². The van der Waals surface area contributed by atoms with Crippen LogP contribution in [0.1, 0.15) is 12.5 Å². The summed E-state index contributed by atoms with van der Waals surface area (Å²) in [6, 6.07) is 6.30. The zero-order valence-electron chi connectivity index (χ0n) is 11.2. The molecular formula is C14H12N2O4S. The first kappa shape index (κ1) is 15.0. The number of thioether (sulfide) groups is 1. The molecule has 1 aromatic carbocycles. The average molecular weight is 304 g/mol. The van der Waals surface area contributed by atoms with Gasteiger partial charge in [-0.05, 0) is 36.9 Å². The summed E-state index contributed by atoms with van der Waals surface area (Å²) in [7, 11) is 0. The van der Waals surface area contributed by atoms with E-state index in [1.807, 2.05) is 0 Å². The minimum absolute atomic E-state index is 0.0104. The van der Waals surface area contributed by atoms with Crippen LogP contribution in [0.5, 0.6) is 0 Å². The Balaban J connectivity index is 2.20. The highest BCUT2D eigenvalue weighted by molar-refractivity contribution is 8.18. The zero-order chi connectivity index (χ0) is 15.4. The molecule has 7 heteroatoms. The quantitative estimate of drug-likeness (QED) is 0.484. The van der Waals surface area contributed by atoms with Crippen LogP contribution in [0.4, 0.5) is 10.5 Å². The van der Waals surface area contributed by atoms with E-state index in [1.165, 1.54) is 24.3 Å². The van der Waals surface area contributed by atoms with E-state index in [-0.39, 0.29) is 16.8 Å². The highest BCUT2D eigenvalue weighted by atomic mass is 32.2. The highest BCUT2D eigenvalue weighted by Crippen LogP contribution is 2.30. The van der Waals surface area contributed by atoms with E-state index in [2.05, 4.69) is 0 Å². The van der Waals surface area contributed by atoms with Gasteiger partial charge in [-0.15, -0.1) is 0 Å². The maximum absolute atomic E-state index is 11.8. The SMILES string of the molecule is CCN1C(=O)S/C(=C/C=C/c2ccccc2[N+](=O)[O-])C1=O. The summed E-state index contributed by atoms with van der Waals surface area (Å²) in [4.78, 5) is 35.2. The van der Waals surface area contributed by atoms with Crippen LogP contribution in [-0.2, 0) is 4.79 Å².